The third-order valence-electron chi connectivity index (χ3n) is 23.0. The van der Waals surface area contributed by atoms with Crippen molar-refractivity contribution in [3.05, 3.63) is 92.3 Å². The molecule has 5 aliphatic heterocycles. The number of rotatable bonds is 2. The van der Waals surface area contributed by atoms with Gasteiger partial charge in [0.1, 0.15) is 11.5 Å². The van der Waals surface area contributed by atoms with Crippen LogP contribution in [0.4, 0.5) is 5.69 Å². The first kappa shape index (κ1) is 55.3. The highest BCUT2D eigenvalue weighted by Crippen LogP contribution is 2.72. The Balaban J connectivity index is 0.00000168. The van der Waals surface area contributed by atoms with Crippen LogP contribution in [0.25, 0.3) is 5.57 Å². The summed E-state index contributed by atoms with van der Waals surface area (Å²) < 4.78 is 11.0. The molecule has 5 heteroatoms. The zero-order valence-electron chi connectivity index (χ0n) is 49.5. The van der Waals surface area contributed by atoms with E-state index in [1.54, 1.807) is 6.07 Å². The summed E-state index contributed by atoms with van der Waals surface area (Å²) in [5.41, 5.74) is 8.75. The maximum atomic E-state index is 13.7. The minimum absolute atomic E-state index is 0. The molecule has 68 heavy (non-hydrogen) atoms. The molecular formula is C63H98N2O3. The second-order valence-electron chi connectivity index (χ2n) is 27.1. The number of ether oxygens (including phenoxy) is 1. The summed E-state index contributed by atoms with van der Waals surface area (Å²) in [5.74, 6) is 0.875. The molecule has 378 valence electrons. The molecule has 1 N–H and O–H groups in total. The van der Waals surface area contributed by atoms with Gasteiger partial charge < -0.3 is 22.2 Å². The van der Waals surface area contributed by atoms with Gasteiger partial charge in [0.15, 0.2) is 11.1 Å². The molecule has 3 aromatic rings. The summed E-state index contributed by atoms with van der Waals surface area (Å²) in [6.45, 7) is 71.8. The predicted octanol–water partition coefficient (Wildman–Crippen LogP) is 15.5. The summed E-state index contributed by atoms with van der Waals surface area (Å²) >= 11 is 0. The lowest BCUT2D eigenvalue weighted by atomic mass is 9.45. The third-order valence-corrected chi connectivity index (χ3v) is 23.0. The molecule has 0 amide bonds. The van der Waals surface area contributed by atoms with Gasteiger partial charge in [-0.1, -0.05) is 157 Å². The monoisotopic (exact) mass is 931 g/mol. The second-order valence-corrected chi connectivity index (χ2v) is 27.1. The van der Waals surface area contributed by atoms with Crippen LogP contribution in [0.15, 0.2) is 24.3 Å². The molecule has 0 radical (unpaired) electrons. The van der Waals surface area contributed by atoms with Crippen LogP contribution < -0.4 is 24.8 Å². The Morgan fingerprint density at radius 2 is 0.926 bits per heavy atom. The topological polar surface area (TPSA) is 52.8 Å². The molecule has 0 aliphatic carbocycles. The fourth-order valence-corrected chi connectivity index (χ4v) is 14.9. The quantitative estimate of drug-likeness (QED) is 0.161. The lowest BCUT2D eigenvalue weighted by molar-refractivity contribution is -0.0629. The second kappa shape index (κ2) is 15.2. The van der Waals surface area contributed by atoms with Crippen molar-refractivity contribution in [3.63, 3.8) is 0 Å². The van der Waals surface area contributed by atoms with Crippen molar-refractivity contribution in [2.75, 3.05) is 4.90 Å². The lowest BCUT2D eigenvalue weighted by Gasteiger charge is -2.73. The predicted molar refractivity (Wildman–Crippen MR) is 293 cm³/mol. The van der Waals surface area contributed by atoms with E-state index in [9.17, 15) is 9.90 Å². The van der Waals surface area contributed by atoms with E-state index in [1.807, 2.05) is 39.8 Å². The zero-order valence-corrected chi connectivity index (χ0v) is 49.5. The Hall–Kier alpha value is -3.60. The van der Waals surface area contributed by atoms with Gasteiger partial charge in [-0.05, 0) is 86.1 Å². The Morgan fingerprint density at radius 1 is 0.529 bits per heavy atom. The Labute approximate surface area is 416 Å². The number of hydrogen-bond donors (Lipinski definition) is 1. The van der Waals surface area contributed by atoms with Gasteiger partial charge in [-0.3, -0.25) is 0 Å². The highest BCUT2D eigenvalue weighted by Gasteiger charge is 2.72. The third kappa shape index (κ3) is 5.69. The first-order valence-electron chi connectivity index (χ1n) is 26.0. The lowest BCUT2D eigenvalue weighted by Crippen LogP contribution is -2.79. The number of benzene rings is 3. The molecule has 0 saturated carbocycles. The number of nitrogens with zero attached hydrogens (tertiary/aromatic N) is 2. The van der Waals surface area contributed by atoms with Crippen LogP contribution in [-0.4, -0.2) is 33.2 Å². The number of aromatic carboxylic acids is 1. The van der Waals surface area contributed by atoms with E-state index >= 15 is 0 Å². The zero-order chi connectivity index (χ0) is 51.9. The van der Waals surface area contributed by atoms with Gasteiger partial charge in [0, 0.05) is 99.0 Å². The van der Waals surface area contributed by atoms with Crippen LogP contribution in [0.2, 0.25) is 0 Å². The molecule has 0 fully saturated rings. The molecule has 0 atom stereocenters. The van der Waals surface area contributed by atoms with Crippen LogP contribution in [0.3, 0.4) is 0 Å². The number of carbonyl (C=O) groups is 1. The van der Waals surface area contributed by atoms with Gasteiger partial charge in [0.05, 0.1) is 11.1 Å². The fourth-order valence-electron chi connectivity index (χ4n) is 14.9. The Morgan fingerprint density at radius 3 is 1.37 bits per heavy atom. The van der Waals surface area contributed by atoms with Crippen molar-refractivity contribution in [3.8, 4) is 11.5 Å². The molecule has 0 unspecified atom stereocenters. The van der Waals surface area contributed by atoms with E-state index in [0.29, 0.717) is 5.56 Å². The number of carboxylic acid groups (broad SMARTS) is 1. The normalized spacial score (nSPS) is 24.6. The van der Waals surface area contributed by atoms with E-state index in [-0.39, 0.29) is 72.9 Å². The van der Waals surface area contributed by atoms with Crippen LogP contribution in [-0.2, 0) is 21.7 Å². The van der Waals surface area contributed by atoms with Crippen LogP contribution >= 0.6 is 0 Å². The maximum absolute atomic E-state index is 13.7. The molecule has 5 nitrogen and oxygen atoms in total. The van der Waals surface area contributed by atoms with Gasteiger partial charge in [-0.15, -0.1) is 0 Å². The number of hydrogen-bond acceptors (Lipinski definition) is 3. The number of anilines is 1. The van der Waals surface area contributed by atoms with Gasteiger partial charge in [0.25, 0.3) is 0 Å². The van der Waals surface area contributed by atoms with E-state index < -0.39 is 5.97 Å². The van der Waals surface area contributed by atoms with E-state index in [0.717, 1.165) is 33.4 Å². The van der Waals surface area contributed by atoms with Crippen LogP contribution in [0, 0.1) is 42.9 Å². The van der Waals surface area contributed by atoms with Crippen molar-refractivity contribution in [1.29, 1.82) is 0 Å². The van der Waals surface area contributed by atoms with Gasteiger partial charge in [0.2, 0.25) is 5.36 Å². The number of carboxylic acids is 1. The molecule has 0 spiro atoms. The Bertz CT molecular complexity index is 2740. The fraction of sp³-hybridized carbons (Fsp3) is 0.667. The smallest absolute Gasteiger partial charge is 0.336 e. The molecule has 8 rings (SSSR count). The van der Waals surface area contributed by atoms with E-state index in [4.69, 9.17) is 4.74 Å². The summed E-state index contributed by atoms with van der Waals surface area (Å²) in [6, 6.07) is 7.77. The summed E-state index contributed by atoms with van der Waals surface area (Å²) in [5, 5.41) is 13.5. The van der Waals surface area contributed by atoms with Gasteiger partial charge in [-0.25, -0.2) is 9.37 Å². The van der Waals surface area contributed by atoms with Crippen molar-refractivity contribution in [2.24, 2.45) is 21.7 Å². The molecule has 5 aliphatic rings. The molecule has 0 aromatic heterocycles. The van der Waals surface area contributed by atoms with Crippen molar-refractivity contribution in [2.45, 2.75) is 252 Å². The van der Waals surface area contributed by atoms with E-state index in [1.165, 1.54) is 44.4 Å². The highest BCUT2D eigenvalue weighted by atomic mass is 16.5. The Kier molecular flexibility index (Phi) is 12.4. The van der Waals surface area contributed by atoms with Crippen molar-refractivity contribution >= 4 is 17.2 Å². The first-order chi connectivity index (χ1) is 30.1. The first-order valence-corrected chi connectivity index (χ1v) is 26.0. The molecule has 0 bridgehead atoms. The molecule has 0 saturated heterocycles. The molecule has 3 aromatic carbocycles. The SMILES string of the molecule is CC.CC.Cc1c2c(c3c4c1C(C)(C)C(C)(C)C(C)(C)N4C(C)(C)C(C)(C)C3(C)C)Oc1c3c4c(c(C)c1=C2c1ccccc1C(=O)O)C(C)(C)C(C)(C)C(C)(C)[N+]=4C(C)(C)C(C)(C)C3(C)C.[CH3-]. The molecular weight excluding hydrogens is 833 g/mol. The maximum Gasteiger partial charge on any atom is 0.336 e. The summed E-state index contributed by atoms with van der Waals surface area (Å²) in [6.07, 6.45) is 0. The summed E-state index contributed by atoms with van der Waals surface area (Å²) in [4.78, 5) is 16.5. The van der Waals surface area contributed by atoms with Gasteiger partial charge >= 0.3 is 5.97 Å². The van der Waals surface area contributed by atoms with Crippen LogP contribution in [0.5, 0.6) is 11.5 Å². The number of fused-ring (bicyclic) bond motifs is 4. The highest BCUT2D eigenvalue weighted by molar-refractivity contribution is 6.01. The average molecular weight is 931 g/mol. The summed E-state index contributed by atoms with van der Waals surface area (Å²) in [7, 11) is 0. The van der Waals surface area contributed by atoms with Crippen molar-refractivity contribution < 1.29 is 14.6 Å². The minimum atomic E-state index is -0.920. The minimum Gasteiger partial charge on any atom is -0.478 e. The molecule has 5 heterocycles. The van der Waals surface area contributed by atoms with E-state index in [2.05, 4.69) is 196 Å². The largest absolute Gasteiger partial charge is 0.478 e. The van der Waals surface area contributed by atoms with Crippen LogP contribution in [0.1, 0.15) is 249 Å². The van der Waals surface area contributed by atoms with Gasteiger partial charge in [-0.2, -0.15) is 0 Å². The average Bonchev–Trinajstić information content (AvgIpc) is 3.18. The standard InChI is InChI=1S/C58H82N2O3.2C2H6.CH3/c1-31-35-37(33-29-27-28-30-34(33)46(61)62)36-32(2)39-43-41(50(9,10)54(17,18)58(25,26)60(43)56(21,22)52(13,14)48(39,5)6)45(36)63-44(35)40-42-38(31)47(3,4)51(11,12)55(19,20)59(42)57(23,24)53(15,16)49(40,7)8;2*1-2;/h27-30H,1-26H3;2*1-2H3;1H3/q;;;-1/p+1. The van der Waals surface area contributed by atoms with Crippen molar-refractivity contribution in [1.82, 2.24) is 4.58 Å².